The van der Waals surface area contributed by atoms with Gasteiger partial charge in [0.1, 0.15) is 5.82 Å². The molecule has 0 amide bonds. The van der Waals surface area contributed by atoms with Crippen LogP contribution in [0.2, 0.25) is 0 Å². The SMILES string of the molecule is Cc1ccc(CNc2cc(C)nc(NC3CCS(=O)(=O)C3)n2)cc1. The van der Waals surface area contributed by atoms with E-state index in [0.717, 1.165) is 11.5 Å². The summed E-state index contributed by atoms with van der Waals surface area (Å²) in [4.78, 5) is 8.80. The molecule has 7 heteroatoms. The molecule has 1 aliphatic heterocycles. The maximum Gasteiger partial charge on any atom is 0.225 e. The highest BCUT2D eigenvalue weighted by molar-refractivity contribution is 7.91. The fourth-order valence-electron chi connectivity index (χ4n) is 2.71. The summed E-state index contributed by atoms with van der Waals surface area (Å²) < 4.78 is 23.1. The van der Waals surface area contributed by atoms with Gasteiger partial charge in [0.15, 0.2) is 9.84 Å². The minimum absolute atomic E-state index is 0.109. The van der Waals surface area contributed by atoms with E-state index in [1.54, 1.807) is 0 Å². The Hall–Kier alpha value is -2.15. The van der Waals surface area contributed by atoms with Crippen LogP contribution in [0.3, 0.4) is 0 Å². The monoisotopic (exact) mass is 346 g/mol. The summed E-state index contributed by atoms with van der Waals surface area (Å²) in [7, 11) is -2.92. The van der Waals surface area contributed by atoms with Gasteiger partial charge in [-0.1, -0.05) is 29.8 Å². The molecule has 24 heavy (non-hydrogen) atoms. The van der Waals surface area contributed by atoms with Crippen molar-refractivity contribution in [2.75, 3.05) is 22.1 Å². The molecule has 0 spiro atoms. The van der Waals surface area contributed by atoms with Crippen molar-refractivity contribution in [3.63, 3.8) is 0 Å². The van der Waals surface area contributed by atoms with Gasteiger partial charge in [0.05, 0.1) is 11.5 Å². The van der Waals surface area contributed by atoms with Gasteiger partial charge in [-0.25, -0.2) is 13.4 Å². The maximum atomic E-state index is 11.6. The summed E-state index contributed by atoms with van der Waals surface area (Å²) in [5, 5.41) is 6.44. The molecule has 1 aliphatic rings. The van der Waals surface area contributed by atoms with Crippen molar-refractivity contribution in [1.29, 1.82) is 0 Å². The molecule has 1 atom stereocenters. The van der Waals surface area contributed by atoms with Crippen molar-refractivity contribution >= 4 is 21.6 Å². The Bertz CT molecular complexity index is 819. The topological polar surface area (TPSA) is 84.0 Å². The van der Waals surface area contributed by atoms with E-state index in [1.165, 1.54) is 11.1 Å². The second-order valence-corrected chi connectivity index (χ2v) is 8.53. The summed E-state index contributed by atoms with van der Waals surface area (Å²) in [6.45, 7) is 4.63. The first kappa shape index (κ1) is 16.7. The van der Waals surface area contributed by atoms with E-state index in [4.69, 9.17) is 0 Å². The second-order valence-electron chi connectivity index (χ2n) is 6.30. The third-order valence-electron chi connectivity index (χ3n) is 4.01. The fourth-order valence-corrected chi connectivity index (χ4v) is 4.39. The highest BCUT2D eigenvalue weighted by Crippen LogP contribution is 2.17. The van der Waals surface area contributed by atoms with Gasteiger partial charge in [0.25, 0.3) is 0 Å². The third kappa shape index (κ3) is 4.44. The van der Waals surface area contributed by atoms with Crippen molar-refractivity contribution in [2.45, 2.75) is 32.9 Å². The molecule has 1 saturated heterocycles. The van der Waals surface area contributed by atoms with Crippen molar-refractivity contribution in [1.82, 2.24) is 9.97 Å². The average Bonchev–Trinajstić information content (AvgIpc) is 2.85. The average molecular weight is 346 g/mol. The number of hydrogen-bond acceptors (Lipinski definition) is 6. The molecular formula is C17H22N4O2S. The van der Waals surface area contributed by atoms with E-state index in [1.807, 2.05) is 13.0 Å². The highest BCUT2D eigenvalue weighted by Gasteiger charge is 2.28. The van der Waals surface area contributed by atoms with Crippen LogP contribution in [0.15, 0.2) is 30.3 Å². The van der Waals surface area contributed by atoms with E-state index < -0.39 is 9.84 Å². The van der Waals surface area contributed by atoms with Gasteiger partial charge in [-0.3, -0.25) is 0 Å². The Morgan fingerprint density at radius 1 is 1.17 bits per heavy atom. The number of aryl methyl sites for hydroxylation is 2. The molecule has 0 radical (unpaired) electrons. The van der Waals surface area contributed by atoms with Crippen LogP contribution in [0.5, 0.6) is 0 Å². The van der Waals surface area contributed by atoms with Crippen molar-refractivity contribution in [3.05, 3.63) is 47.2 Å². The minimum atomic E-state index is -2.92. The molecule has 2 aromatic rings. The van der Waals surface area contributed by atoms with E-state index in [2.05, 4.69) is 51.8 Å². The fraction of sp³-hybridized carbons (Fsp3) is 0.412. The molecule has 6 nitrogen and oxygen atoms in total. The van der Waals surface area contributed by atoms with Gasteiger partial charge >= 0.3 is 0 Å². The van der Waals surface area contributed by atoms with Crippen LogP contribution in [-0.2, 0) is 16.4 Å². The number of anilines is 2. The van der Waals surface area contributed by atoms with E-state index in [-0.39, 0.29) is 17.5 Å². The smallest absolute Gasteiger partial charge is 0.225 e. The number of aromatic nitrogens is 2. The normalized spacial score (nSPS) is 19.2. The Balaban J connectivity index is 1.66. The van der Waals surface area contributed by atoms with Crippen LogP contribution >= 0.6 is 0 Å². The molecule has 3 rings (SSSR count). The lowest BCUT2D eigenvalue weighted by atomic mass is 10.1. The van der Waals surface area contributed by atoms with E-state index >= 15 is 0 Å². The summed E-state index contributed by atoms with van der Waals surface area (Å²) in [5.74, 6) is 1.58. The maximum absolute atomic E-state index is 11.6. The molecule has 2 heterocycles. The molecular weight excluding hydrogens is 324 g/mol. The van der Waals surface area contributed by atoms with Gasteiger partial charge in [0.2, 0.25) is 5.95 Å². The van der Waals surface area contributed by atoms with Crippen molar-refractivity contribution in [3.8, 4) is 0 Å². The zero-order valence-corrected chi connectivity index (χ0v) is 14.7. The van der Waals surface area contributed by atoms with Crippen LogP contribution in [0.25, 0.3) is 0 Å². The van der Waals surface area contributed by atoms with E-state index in [9.17, 15) is 8.42 Å². The summed E-state index contributed by atoms with van der Waals surface area (Å²) >= 11 is 0. The first-order chi connectivity index (χ1) is 11.4. The quantitative estimate of drug-likeness (QED) is 0.864. The van der Waals surface area contributed by atoms with Crippen molar-refractivity contribution < 1.29 is 8.42 Å². The van der Waals surface area contributed by atoms with Crippen LogP contribution in [0, 0.1) is 13.8 Å². The van der Waals surface area contributed by atoms with Crippen LogP contribution < -0.4 is 10.6 Å². The second kappa shape index (κ2) is 6.76. The molecule has 0 aliphatic carbocycles. The molecule has 1 fully saturated rings. The lowest BCUT2D eigenvalue weighted by Gasteiger charge is -2.13. The molecule has 1 aromatic carbocycles. The lowest BCUT2D eigenvalue weighted by Crippen LogP contribution is -2.22. The Morgan fingerprint density at radius 2 is 1.92 bits per heavy atom. The van der Waals surface area contributed by atoms with Crippen molar-refractivity contribution in [2.24, 2.45) is 0 Å². The molecule has 1 aromatic heterocycles. The summed E-state index contributed by atoms with van der Waals surface area (Å²) in [6, 6.07) is 10.1. The largest absolute Gasteiger partial charge is 0.366 e. The van der Waals surface area contributed by atoms with Crippen LogP contribution in [-0.4, -0.2) is 35.9 Å². The van der Waals surface area contributed by atoms with Crippen LogP contribution in [0.4, 0.5) is 11.8 Å². The lowest BCUT2D eigenvalue weighted by molar-refractivity contribution is 0.602. The van der Waals surface area contributed by atoms with Gasteiger partial charge in [-0.05, 0) is 25.8 Å². The summed E-state index contributed by atoms with van der Waals surface area (Å²) in [5.41, 5.74) is 3.24. The predicted molar refractivity (Wildman–Crippen MR) is 96.0 cm³/mol. The molecule has 2 N–H and O–H groups in total. The van der Waals surface area contributed by atoms with E-state index in [0.29, 0.717) is 18.9 Å². The Kier molecular flexibility index (Phi) is 4.71. The van der Waals surface area contributed by atoms with Gasteiger partial charge < -0.3 is 10.6 Å². The molecule has 1 unspecified atom stereocenters. The molecule has 0 saturated carbocycles. The number of hydrogen-bond donors (Lipinski definition) is 2. The Labute approximate surface area is 142 Å². The third-order valence-corrected chi connectivity index (χ3v) is 5.78. The number of rotatable bonds is 5. The number of benzene rings is 1. The Morgan fingerprint density at radius 3 is 2.58 bits per heavy atom. The first-order valence-electron chi connectivity index (χ1n) is 8.02. The molecule has 128 valence electrons. The summed E-state index contributed by atoms with van der Waals surface area (Å²) in [6.07, 6.45) is 0.603. The predicted octanol–water partition coefficient (Wildman–Crippen LogP) is 2.30. The zero-order chi connectivity index (χ0) is 17.2. The first-order valence-corrected chi connectivity index (χ1v) is 9.84. The zero-order valence-electron chi connectivity index (χ0n) is 13.9. The number of nitrogens with zero attached hydrogens (tertiary/aromatic N) is 2. The van der Waals surface area contributed by atoms with Crippen LogP contribution in [0.1, 0.15) is 23.2 Å². The highest BCUT2D eigenvalue weighted by atomic mass is 32.2. The van der Waals surface area contributed by atoms with Gasteiger partial charge in [-0.15, -0.1) is 0 Å². The number of nitrogens with one attached hydrogen (secondary N) is 2. The standard InChI is InChI=1S/C17H22N4O2S/c1-12-3-5-14(6-4-12)10-18-16-9-13(2)19-17(21-16)20-15-7-8-24(22,23)11-15/h3-6,9,15H,7-8,10-11H2,1-2H3,(H2,18,19,20,21). The van der Waals surface area contributed by atoms with Gasteiger partial charge in [-0.2, -0.15) is 4.98 Å². The number of sulfone groups is 1. The molecule has 0 bridgehead atoms. The minimum Gasteiger partial charge on any atom is -0.366 e. The van der Waals surface area contributed by atoms with Gasteiger partial charge in [0, 0.05) is 24.3 Å².